The van der Waals surface area contributed by atoms with Crippen LogP contribution in [-0.4, -0.2) is 13.1 Å². The van der Waals surface area contributed by atoms with Crippen LogP contribution in [0.4, 0.5) is 15.8 Å². The lowest BCUT2D eigenvalue weighted by Crippen LogP contribution is -2.29. The van der Waals surface area contributed by atoms with E-state index >= 15 is 0 Å². The predicted molar refractivity (Wildman–Crippen MR) is 87.7 cm³/mol. The fourth-order valence-electron chi connectivity index (χ4n) is 2.78. The van der Waals surface area contributed by atoms with E-state index < -0.39 is 0 Å². The van der Waals surface area contributed by atoms with Crippen LogP contribution < -0.4 is 15.4 Å². The van der Waals surface area contributed by atoms with Crippen LogP contribution in [0, 0.1) is 5.82 Å². The maximum Gasteiger partial charge on any atom is 0.145 e. The number of halogens is 1. The Labute approximate surface area is 130 Å². The van der Waals surface area contributed by atoms with Gasteiger partial charge in [0.1, 0.15) is 18.2 Å². The Kier molecular flexibility index (Phi) is 4.47. The summed E-state index contributed by atoms with van der Waals surface area (Å²) >= 11 is 0. The summed E-state index contributed by atoms with van der Waals surface area (Å²) in [6.07, 6.45) is 3.71. The smallest absolute Gasteiger partial charge is 0.145 e. The monoisotopic (exact) mass is 300 g/mol. The highest BCUT2D eigenvalue weighted by Gasteiger charge is 2.15. The lowest BCUT2D eigenvalue weighted by Gasteiger charge is -2.30. The van der Waals surface area contributed by atoms with Crippen molar-refractivity contribution in [2.75, 3.05) is 23.7 Å². The molecule has 0 atom stereocenters. The highest BCUT2D eigenvalue weighted by Crippen LogP contribution is 2.33. The molecular formula is C18H21FN2O. The van der Waals surface area contributed by atoms with Crippen LogP contribution in [0.5, 0.6) is 5.75 Å². The first-order valence-electron chi connectivity index (χ1n) is 7.74. The van der Waals surface area contributed by atoms with Gasteiger partial charge in [0.25, 0.3) is 0 Å². The first-order valence-corrected chi connectivity index (χ1v) is 7.74. The molecule has 0 radical (unpaired) electrons. The quantitative estimate of drug-likeness (QED) is 0.868. The molecule has 3 rings (SSSR count). The fourth-order valence-corrected chi connectivity index (χ4v) is 2.78. The molecule has 2 aromatic rings. The number of nitrogens with zero attached hydrogens (tertiary/aromatic N) is 1. The van der Waals surface area contributed by atoms with Gasteiger partial charge < -0.3 is 15.4 Å². The Hall–Kier alpha value is -2.23. The molecule has 0 amide bonds. The second-order valence-corrected chi connectivity index (χ2v) is 5.69. The van der Waals surface area contributed by atoms with Crippen LogP contribution in [0.2, 0.25) is 0 Å². The average molecular weight is 300 g/mol. The molecule has 0 aliphatic carbocycles. The predicted octanol–water partition coefficient (Wildman–Crippen LogP) is 3.98. The van der Waals surface area contributed by atoms with E-state index in [1.165, 1.54) is 31.4 Å². The number of ether oxygens (including phenoxy) is 1. The number of hydrogen-bond acceptors (Lipinski definition) is 3. The first kappa shape index (κ1) is 14.7. The van der Waals surface area contributed by atoms with E-state index in [1.54, 1.807) is 12.1 Å². The van der Waals surface area contributed by atoms with Crippen molar-refractivity contribution in [3.63, 3.8) is 0 Å². The van der Waals surface area contributed by atoms with Gasteiger partial charge in [0.2, 0.25) is 0 Å². The van der Waals surface area contributed by atoms with Crippen molar-refractivity contribution in [3.05, 3.63) is 53.8 Å². The zero-order chi connectivity index (χ0) is 15.4. The molecule has 1 heterocycles. The lowest BCUT2D eigenvalue weighted by atomic mass is 10.1. The van der Waals surface area contributed by atoms with Crippen LogP contribution in [-0.2, 0) is 6.61 Å². The zero-order valence-corrected chi connectivity index (χ0v) is 12.6. The molecule has 0 saturated carbocycles. The molecule has 3 nitrogen and oxygen atoms in total. The highest BCUT2D eigenvalue weighted by atomic mass is 19.1. The Bertz CT molecular complexity index is 621. The maximum atomic E-state index is 12.9. The molecule has 0 aromatic heterocycles. The van der Waals surface area contributed by atoms with Crippen LogP contribution in [0.3, 0.4) is 0 Å². The van der Waals surface area contributed by atoms with Gasteiger partial charge in [0, 0.05) is 24.8 Å². The van der Waals surface area contributed by atoms with Crippen LogP contribution in [0.1, 0.15) is 24.8 Å². The van der Waals surface area contributed by atoms with Crippen LogP contribution >= 0.6 is 0 Å². The minimum Gasteiger partial charge on any atom is -0.487 e. The number of nitrogens with two attached hydrogens (primary N) is 1. The summed E-state index contributed by atoms with van der Waals surface area (Å²) < 4.78 is 18.9. The minimum atomic E-state index is -0.235. The van der Waals surface area contributed by atoms with Crippen molar-refractivity contribution in [2.45, 2.75) is 25.9 Å². The van der Waals surface area contributed by atoms with Gasteiger partial charge >= 0.3 is 0 Å². The van der Waals surface area contributed by atoms with E-state index in [-0.39, 0.29) is 5.82 Å². The normalized spacial score (nSPS) is 14.9. The number of anilines is 2. The molecule has 22 heavy (non-hydrogen) atoms. The van der Waals surface area contributed by atoms with Gasteiger partial charge in [-0.05, 0) is 49.1 Å². The Morgan fingerprint density at radius 1 is 1.00 bits per heavy atom. The largest absolute Gasteiger partial charge is 0.487 e. The molecule has 0 spiro atoms. The van der Waals surface area contributed by atoms with Crippen molar-refractivity contribution in [3.8, 4) is 5.75 Å². The third-order valence-electron chi connectivity index (χ3n) is 3.99. The van der Waals surface area contributed by atoms with E-state index in [0.717, 1.165) is 30.1 Å². The Morgan fingerprint density at radius 2 is 1.73 bits per heavy atom. The van der Waals surface area contributed by atoms with Crippen molar-refractivity contribution in [2.24, 2.45) is 0 Å². The molecule has 1 aliphatic heterocycles. The molecule has 0 bridgehead atoms. The molecule has 1 saturated heterocycles. The topological polar surface area (TPSA) is 38.5 Å². The van der Waals surface area contributed by atoms with E-state index in [2.05, 4.69) is 4.90 Å². The molecule has 0 unspecified atom stereocenters. The van der Waals surface area contributed by atoms with Crippen molar-refractivity contribution >= 4 is 11.4 Å². The zero-order valence-electron chi connectivity index (χ0n) is 12.6. The van der Waals surface area contributed by atoms with Crippen molar-refractivity contribution in [1.29, 1.82) is 0 Å². The van der Waals surface area contributed by atoms with Crippen LogP contribution in [0.15, 0.2) is 42.5 Å². The fraction of sp³-hybridized carbons (Fsp3) is 0.333. The highest BCUT2D eigenvalue weighted by molar-refractivity contribution is 5.64. The Morgan fingerprint density at radius 3 is 2.45 bits per heavy atom. The van der Waals surface area contributed by atoms with Gasteiger partial charge in [0.15, 0.2) is 0 Å². The number of nitrogen functional groups attached to an aromatic ring is 1. The standard InChI is InChI=1S/C18H21FN2O/c19-15-6-4-14(5-7-15)13-22-18-12-16(20)8-9-17(18)21-10-2-1-3-11-21/h4-9,12H,1-3,10-11,13,20H2. The SMILES string of the molecule is Nc1ccc(N2CCCCC2)c(OCc2ccc(F)cc2)c1. The summed E-state index contributed by atoms with van der Waals surface area (Å²) in [5.41, 5.74) is 8.62. The first-order chi connectivity index (χ1) is 10.7. The van der Waals surface area contributed by atoms with Crippen LogP contribution in [0.25, 0.3) is 0 Å². The van der Waals surface area contributed by atoms with Crippen molar-refractivity contribution in [1.82, 2.24) is 0 Å². The van der Waals surface area contributed by atoms with E-state index in [0.29, 0.717) is 12.3 Å². The van der Waals surface area contributed by atoms with Gasteiger partial charge in [0.05, 0.1) is 5.69 Å². The molecular weight excluding hydrogens is 279 g/mol. The number of hydrogen-bond donors (Lipinski definition) is 1. The summed E-state index contributed by atoms with van der Waals surface area (Å²) in [5.74, 6) is 0.563. The molecule has 4 heteroatoms. The third kappa shape index (κ3) is 3.50. The van der Waals surface area contributed by atoms with Gasteiger partial charge in [-0.2, -0.15) is 0 Å². The van der Waals surface area contributed by atoms with Gasteiger partial charge in [-0.25, -0.2) is 4.39 Å². The van der Waals surface area contributed by atoms with E-state index in [9.17, 15) is 4.39 Å². The maximum absolute atomic E-state index is 12.9. The van der Waals surface area contributed by atoms with Crippen molar-refractivity contribution < 1.29 is 9.13 Å². The number of benzene rings is 2. The minimum absolute atomic E-state index is 0.235. The number of rotatable bonds is 4. The lowest BCUT2D eigenvalue weighted by molar-refractivity contribution is 0.306. The summed E-state index contributed by atoms with van der Waals surface area (Å²) in [6.45, 7) is 2.51. The molecule has 2 aromatic carbocycles. The number of piperidine rings is 1. The van der Waals surface area contributed by atoms with Gasteiger partial charge in [-0.3, -0.25) is 0 Å². The molecule has 2 N–H and O–H groups in total. The summed E-state index contributed by atoms with van der Waals surface area (Å²) in [6, 6.07) is 12.2. The van der Waals surface area contributed by atoms with E-state index in [4.69, 9.17) is 10.5 Å². The summed E-state index contributed by atoms with van der Waals surface area (Å²) in [4.78, 5) is 2.35. The van der Waals surface area contributed by atoms with E-state index in [1.807, 2.05) is 18.2 Å². The molecule has 1 fully saturated rings. The molecule has 1 aliphatic rings. The molecule has 116 valence electrons. The van der Waals surface area contributed by atoms with Gasteiger partial charge in [-0.15, -0.1) is 0 Å². The second-order valence-electron chi connectivity index (χ2n) is 5.69. The average Bonchev–Trinajstić information content (AvgIpc) is 2.55. The second kappa shape index (κ2) is 6.69. The summed E-state index contributed by atoms with van der Waals surface area (Å²) in [5, 5.41) is 0. The van der Waals surface area contributed by atoms with Gasteiger partial charge in [-0.1, -0.05) is 12.1 Å². The summed E-state index contributed by atoms with van der Waals surface area (Å²) in [7, 11) is 0. The Balaban J connectivity index is 1.76. The third-order valence-corrected chi connectivity index (χ3v) is 3.99.